The number of hydrogen-bond acceptors (Lipinski definition) is 4. The Hall–Kier alpha value is -2.95. The van der Waals surface area contributed by atoms with Crippen LogP contribution >= 0.6 is 0 Å². The summed E-state index contributed by atoms with van der Waals surface area (Å²) in [5.41, 5.74) is 4.01. The molecular weight excluding hydrogens is 303 g/mol. The van der Waals surface area contributed by atoms with Gasteiger partial charge in [-0.1, -0.05) is 29.8 Å². The van der Waals surface area contributed by atoms with Gasteiger partial charge in [0.25, 0.3) is 0 Å². The molecule has 0 saturated carbocycles. The molecule has 0 aliphatic heterocycles. The number of aromatic nitrogens is 2. The van der Waals surface area contributed by atoms with Gasteiger partial charge < -0.3 is 10.6 Å². The highest BCUT2D eigenvalue weighted by Gasteiger charge is 2.04. The van der Waals surface area contributed by atoms with E-state index in [0.29, 0.717) is 12.5 Å². The van der Waals surface area contributed by atoms with E-state index < -0.39 is 0 Å². The van der Waals surface area contributed by atoms with Gasteiger partial charge >= 0.3 is 0 Å². The van der Waals surface area contributed by atoms with Gasteiger partial charge in [-0.15, -0.1) is 0 Å². The van der Waals surface area contributed by atoms with Crippen molar-refractivity contribution >= 4 is 17.5 Å². The summed E-state index contributed by atoms with van der Waals surface area (Å²) in [4.78, 5) is 8.83. The highest BCUT2D eigenvalue weighted by Crippen LogP contribution is 2.17. The van der Waals surface area contributed by atoms with Crippen LogP contribution in [0.15, 0.2) is 54.6 Å². The first-order valence-electron chi connectivity index (χ1n) is 7.76. The van der Waals surface area contributed by atoms with Crippen molar-refractivity contribution in [1.82, 2.24) is 9.97 Å². The van der Waals surface area contributed by atoms with E-state index in [1.54, 1.807) is 12.1 Å². The lowest BCUT2D eigenvalue weighted by molar-refractivity contribution is 0.628. The fourth-order valence-corrected chi connectivity index (χ4v) is 2.39. The lowest BCUT2D eigenvalue weighted by Crippen LogP contribution is -2.05. The first kappa shape index (κ1) is 15.9. The molecule has 1 aromatic heterocycles. The fourth-order valence-electron chi connectivity index (χ4n) is 2.39. The second-order valence-electron chi connectivity index (χ2n) is 5.69. The van der Waals surface area contributed by atoms with Crippen LogP contribution in [0.3, 0.4) is 0 Å². The lowest BCUT2D eigenvalue weighted by atomic mass is 10.1. The van der Waals surface area contributed by atoms with E-state index in [9.17, 15) is 4.39 Å². The Balaban J connectivity index is 1.72. The van der Waals surface area contributed by atoms with Gasteiger partial charge in [-0.05, 0) is 43.7 Å². The van der Waals surface area contributed by atoms with Crippen LogP contribution in [0, 0.1) is 19.7 Å². The monoisotopic (exact) mass is 322 g/mol. The Kier molecular flexibility index (Phi) is 4.70. The van der Waals surface area contributed by atoms with Crippen LogP contribution in [-0.2, 0) is 6.54 Å². The SMILES string of the molecule is Cc1cccc(CNc2cc(C)nc(Nc3ccc(F)cc3)n2)c1. The van der Waals surface area contributed by atoms with E-state index in [1.807, 2.05) is 19.1 Å². The van der Waals surface area contributed by atoms with E-state index in [1.165, 1.54) is 23.3 Å². The van der Waals surface area contributed by atoms with Gasteiger partial charge in [0.2, 0.25) is 5.95 Å². The summed E-state index contributed by atoms with van der Waals surface area (Å²) < 4.78 is 13.0. The molecule has 0 aliphatic rings. The Morgan fingerprint density at radius 2 is 1.75 bits per heavy atom. The highest BCUT2D eigenvalue weighted by molar-refractivity contribution is 5.55. The molecule has 0 saturated heterocycles. The quantitative estimate of drug-likeness (QED) is 0.721. The van der Waals surface area contributed by atoms with Crippen LogP contribution in [0.25, 0.3) is 0 Å². The molecule has 122 valence electrons. The number of hydrogen-bond donors (Lipinski definition) is 2. The molecular formula is C19H19FN4. The van der Waals surface area contributed by atoms with Crippen molar-refractivity contribution in [3.8, 4) is 0 Å². The predicted molar refractivity (Wildman–Crippen MR) is 95.0 cm³/mol. The molecule has 5 heteroatoms. The van der Waals surface area contributed by atoms with Gasteiger partial charge in [-0.3, -0.25) is 0 Å². The third kappa shape index (κ3) is 4.29. The molecule has 0 fully saturated rings. The second-order valence-corrected chi connectivity index (χ2v) is 5.69. The number of nitrogens with zero attached hydrogens (tertiary/aromatic N) is 2. The van der Waals surface area contributed by atoms with Crippen molar-refractivity contribution in [3.05, 3.63) is 77.2 Å². The Labute approximate surface area is 140 Å². The molecule has 3 rings (SSSR count). The summed E-state index contributed by atoms with van der Waals surface area (Å²) in [5, 5.41) is 6.40. The zero-order chi connectivity index (χ0) is 16.9. The summed E-state index contributed by atoms with van der Waals surface area (Å²) in [6, 6.07) is 16.3. The summed E-state index contributed by atoms with van der Waals surface area (Å²) >= 11 is 0. The molecule has 0 atom stereocenters. The van der Waals surface area contributed by atoms with E-state index in [-0.39, 0.29) is 5.82 Å². The molecule has 3 aromatic rings. The van der Waals surface area contributed by atoms with Crippen LogP contribution in [0.4, 0.5) is 21.8 Å². The number of aryl methyl sites for hydroxylation is 2. The minimum Gasteiger partial charge on any atom is -0.366 e. The topological polar surface area (TPSA) is 49.8 Å². The molecule has 0 aliphatic carbocycles. The van der Waals surface area contributed by atoms with E-state index in [4.69, 9.17) is 0 Å². The molecule has 4 nitrogen and oxygen atoms in total. The summed E-state index contributed by atoms with van der Waals surface area (Å²) in [6.07, 6.45) is 0. The average molecular weight is 322 g/mol. The smallest absolute Gasteiger partial charge is 0.229 e. The van der Waals surface area contributed by atoms with Gasteiger partial charge in [0.1, 0.15) is 11.6 Å². The Bertz CT molecular complexity index is 831. The van der Waals surface area contributed by atoms with Gasteiger partial charge in [0, 0.05) is 24.0 Å². The lowest BCUT2D eigenvalue weighted by Gasteiger charge is -2.10. The van der Waals surface area contributed by atoms with Gasteiger partial charge in [0.05, 0.1) is 0 Å². The third-order valence-corrected chi connectivity index (χ3v) is 3.51. The molecule has 0 bridgehead atoms. The number of halogens is 1. The van der Waals surface area contributed by atoms with Crippen molar-refractivity contribution in [2.45, 2.75) is 20.4 Å². The minimum absolute atomic E-state index is 0.272. The van der Waals surface area contributed by atoms with Crippen molar-refractivity contribution in [2.75, 3.05) is 10.6 Å². The predicted octanol–water partition coefficient (Wildman–Crippen LogP) is 4.59. The highest BCUT2D eigenvalue weighted by atomic mass is 19.1. The first-order chi connectivity index (χ1) is 11.6. The molecule has 0 radical (unpaired) electrons. The van der Waals surface area contributed by atoms with E-state index in [2.05, 4.69) is 45.7 Å². The normalized spacial score (nSPS) is 10.5. The zero-order valence-electron chi connectivity index (χ0n) is 13.7. The van der Waals surface area contributed by atoms with Crippen molar-refractivity contribution in [2.24, 2.45) is 0 Å². The Morgan fingerprint density at radius 1 is 0.958 bits per heavy atom. The van der Waals surface area contributed by atoms with Crippen LogP contribution < -0.4 is 10.6 Å². The molecule has 0 amide bonds. The zero-order valence-corrected chi connectivity index (χ0v) is 13.7. The van der Waals surface area contributed by atoms with Gasteiger partial charge in [-0.25, -0.2) is 9.37 Å². The second kappa shape index (κ2) is 7.08. The van der Waals surface area contributed by atoms with Crippen molar-refractivity contribution < 1.29 is 4.39 Å². The van der Waals surface area contributed by atoms with Gasteiger partial charge in [0.15, 0.2) is 0 Å². The molecule has 24 heavy (non-hydrogen) atoms. The number of benzene rings is 2. The van der Waals surface area contributed by atoms with Crippen LogP contribution in [0.5, 0.6) is 0 Å². The molecule has 0 spiro atoms. The van der Waals surface area contributed by atoms with Crippen molar-refractivity contribution in [3.63, 3.8) is 0 Å². The Morgan fingerprint density at radius 3 is 2.50 bits per heavy atom. The van der Waals surface area contributed by atoms with Crippen molar-refractivity contribution in [1.29, 1.82) is 0 Å². The van der Waals surface area contributed by atoms with E-state index in [0.717, 1.165) is 17.2 Å². The molecule has 2 N–H and O–H groups in total. The average Bonchev–Trinajstić information content (AvgIpc) is 2.55. The minimum atomic E-state index is -0.272. The van der Waals surface area contributed by atoms with Gasteiger partial charge in [-0.2, -0.15) is 4.98 Å². The fraction of sp³-hybridized carbons (Fsp3) is 0.158. The molecule has 1 heterocycles. The standard InChI is InChI=1S/C19H19FN4/c1-13-4-3-5-15(10-13)12-21-18-11-14(2)22-19(24-18)23-17-8-6-16(20)7-9-17/h3-11H,12H2,1-2H3,(H2,21,22,23,24). The number of nitrogens with one attached hydrogen (secondary N) is 2. The summed E-state index contributed by atoms with van der Waals surface area (Å²) in [6.45, 7) is 4.67. The maximum atomic E-state index is 13.0. The maximum absolute atomic E-state index is 13.0. The maximum Gasteiger partial charge on any atom is 0.229 e. The van der Waals surface area contributed by atoms with Crippen LogP contribution in [0.1, 0.15) is 16.8 Å². The van der Waals surface area contributed by atoms with E-state index >= 15 is 0 Å². The number of rotatable bonds is 5. The third-order valence-electron chi connectivity index (χ3n) is 3.51. The number of anilines is 3. The van der Waals surface area contributed by atoms with Crippen LogP contribution in [0.2, 0.25) is 0 Å². The first-order valence-corrected chi connectivity index (χ1v) is 7.76. The molecule has 0 unspecified atom stereocenters. The summed E-state index contributed by atoms with van der Waals surface area (Å²) in [7, 11) is 0. The van der Waals surface area contributed by atoms with Crippen LogP contribution in [-0.4, -0.2) is 9.97 Å². The largest absolute Gasteiger partial charge is 0.366 e. The summed E-state index contributed by atoms with van der Waals surface area (Å²) in [5.74, 6) is 0.952. The molecule has 2 aromatic carbocycles.